The van der Waals surface area contributed by atoms with Crippen molar-refractivity contribution in [1.29, 1.82) is 0 Å². The maximum atomic E-state index is 5.79. The molecule has 0 aromatic carbocycles. The summed E-state index contributed by atoms with van der Waals surface area (Å²) in [5, 5.41) is 4.20. The van der Waals surface area contributed by atoms with Crippen LogP contribution in [0.25, 0.3) is 11.6 Å². The topological polar surface area (TPSA) is 43.3 Å². The van der Waals surface area contributed by atoms with Gasteiger partial charge in [-0.25, -0.2) is 4.52 Å². The van der Waals surface area contributed by atoms with Crippen molar-refractivity contribution in [1.82, 2.24) is 9.61 Å². The molecule has 12 heavy (non-hydrogen) atoms. The molecule has 0 aliphatic carbocycles. The summed E-state index contributed by atoms with van der Waals surface area (Å²) in [5.74, 6) is 0. The summed E-state index contributed by atoms with van der Waals surface area (Å²) >= 11 is 0. The van der Waals surface area contributed by atoms with E-state index in [0.29, 0.717) is 5.69 Å². The fourth-order valence-electron chi connectivity index (χ4n) is 1.19. The zero-order valence-corrected chi connectivity index (χ0v) is 6.57. The second-order valence-corrected chi connectivity index (χ2v) is 2.53. The minimum absolute atomic E-state index is 0.686. The summed E-state index contributed by atoms with van der Waals surface area (Å²) in [7, 11) is 0. The molecule has 0 fully saturated rings. The smallest absolute Gasteiger partial charge is 0.108 e. The lowest BCUT2D eigenvalue weighted by atomic mass is 10.3. The van der Waals surface area contributed by atoms with Gasteiger partial charge >= 0.3 is 0 Å². The number of fused-ring (bicyclic) bond motifs is 1. The average Bonchev–Trinajstić information content (AvgIpc) is 2.44. The molecule has 2 N–H and O–H groups in total. The minimum Gasteiger partial charge on any atom is -0.395 e. The fourth-order valence-corrected chi connectivity index (χ4v) is 1.19. The van der Waals surface area contributed by atoms with Gasteiger partial charge in [-0.1, -0.05) is 12.6 Å². The quantitative estimate of drug-likeness (QED) is 0.686. The first kappa shape index (κ1) is 6.91. The summed E-state index contributed by atoms with van der Waals surface area (Å²) < 4.78 is 1.74. The predicted octanol–water partition coefficient (Wildman–Crippen LogP) is 1.56. The van der Waals surface area contributed by atoms with Gasteiger partial charge in [-0.15, -0.1) is 0 Å². The molecule has 0 bridgehead atoms. The molecule has 0 aliphatic heterocycles. The maximum absolute atomic E-state index is 5.79. The molecule has 0 saturated heterocycles. The van der Waals surface area contributed by atoms with E-state index in [2.05, 4.69) is 11.7 Å². The van der Waals surface area contributed by atoms with Crippen LogP contribution in [0.5, 0.6) is 0 Å². The summed E-state index contributed by atoms with van der Waals surface area (Å²) in [6, 6.07) is 5.77. The highest BCUT2D eigenvalue weighted by atomic mass is 15.2. The Morgan fingerprint density at radius 1 is 1.50 bits per heavy atom. The molecule has 2 heterocycles. The van der Waals surface area contributed by atoms with Gasteiger partial charge in [0.15, 0.2) is 0 Å². The Bertz CT molecular complexity index is 428. The molecule has 0 aliphatic rings. The van der Waals surface area contributed by atoms with E-state index in [-0.39, 0.29) is 0 Å². The summed E-state index contributed by atoms with van der Waals surface area (Å²) in [5.41, 5.74) is 8.14. The summed E-state index contributed by atoms with van der Waals surface area (Å²) in [6.07, 6.45) is 3.51. The van der Waals surface area contributed by atoms with E-state index in [1.54, 1.807) is 10.6 Å². The number of nitrogens with two attached hydrogens (primary N) is 1. The molecule has 0 radical (unpaired) electrons. The van der Waals surface area contributed by atoms with Crippen LogP contribution in [0.4, 0.5) is 5.69 Å². The number of rotatable bonds is 1. The molecule has 2 aromatic heterocycles. The molecular weight excluding hydrogens is 150 g/mol. The van der Waals surface area contributed by atoms with Crippen molar-refractivity contribution in [3.8, 4) is 0 Å². The first-order valence-electron chi connectivity index (χ1n) is 3.68. The average molecular weight is 159 g/mol. The van der Waals surface area contributed by atoms with Crippen LogP contribution in [0, 0.1) is 0 Å². The van der Waals surface area contributed by atoms with Gasteiger partial charge in [-0.3, -0.25) is 0 Å². The lowest BCUT2D eigenvalue weighted by molar-refractivity contribution is 0.954. The van der Waals surface area contributed by atoms with Crippen LogP contribution < -0.4 is 5.73 Å². The van der Waals surface area contributed by atoms with Gasteiger partial charge < -0.3 is 5.73 Å². The normalized spacial score (nSPS) is 10.3. The van der Waals surface area contributed by atoms with E-state index in [0.717, 1.165) is 11.2 Å². The lowest BCUT2D eigenvalue weighted by Crippen LogP contribution is -1.85. The van der Waals surface area contributed by atoms with Crippen LogP contribution in [-0.4, -0.2) is 9.61 Å². The fraction of sp³-hybridized carbons (Fsp3) is 0. The molecule has 0 atom stereocenters. The number of nitrogens with zero attached hydrogens (tertiary/aromatic N) is 2. The second kappa shape index (κ2) is 2.37. The van der Waals surface area contributed by atoms with E-state index in [4.69, 9.17) is 5.73 Å². The second-order valence-electron chi connectivity index (χ2n) is 2.53. The highest BCUT2D eigenvalue weighted by molar-refractivity contribution is 5.77. The molecule has 0 unspecified atom stereocenters. The molecule has 0 amide bonds. The number of hydrogen-bond acceptors (Lipinski definition) is 2. The third kappa shape index (κ3) is 0.797. The summed E-state index contributed by atoms with van der Waals surface area (Å²) in [6.45, 7) is 3.63. The third-order valence-electron chi connectivity index (χ3n) is 1.80. The highest BCUT2D eigenvalue weighted by Crippen LogP contribution is 2.17. The zero-order chi connectivity index (χ0) is 8.55. The Balaban J connectivity index is 2.87. The Morgan fingerprint density at radius 3 is 3.00 bits per heavy atom. The SMILES string of the molecule is C=Cc1nn2ccccc2c1N. The van der Waals surface area contributed by atoms with Crippen LogP contribution in [0.1, 0.15) is 5.69 Å². The van der Waals surface area contributed by atoms with Crippen LogP contribution >= 0.6 is 0 Å². The Kier molecular flexibility index (Phi) is 1.37. The van der Waals surface area contributed by atoms with Gasteiger partial charge in [0.1, 0.15) is 5.69 Å². The van der Waals surface area contributed by atoms with Crippen LogP contribution in [0.2, 0.25) is 0 Å². The first-order chi connectivity index (χ1) is 5.83. The van der Waals surface area contributed by atoms with E-state index >= 15 is 0 Å². The van der Waals surface area contributed by atoms with Crippen molar-refractivity contribution < 1.29 is 0 Å². The largest absolute Gasteiger partial charge is 0.395 e. The Morgan fingerprint density at radius 2 is 2.33 bits per heavy atom. The van der Waals surface area contributed by atoms with Gasteiger partial charge in [0.05, 0.1) is 11.2 Å². The highest BCUT2D eigenvalue weighted by Gasteiger charge is 2.03. The molecular formula is C9H9N3. The maximum Gasteiger partial charge on any atom is 0.108 e. The standard InChI is InChI=1S/C9H9N3/c1-2-7-9(10)8-5-3-4-6-12(8)11-7/h2-6H,1,10H2. The summed E-state index contributed by atoms with van der Waals surface area (Å²) in [4.78, 5) is 0. The molecule has 3 heteroatoms. The Labute approximate surface area is 70.1 Å². The van der Waals surface area contributed by atoms with Crippen molar-refractivity contribution in [2.45, 2.75) is 0 Å². The zero-order valence-electron chi connectivity index (χ0n) is 6.57. The number of nitrogen functional groups attached to an aromatic ring is 1. The van der Waals surface area contributed by atoms with E-state index in [1.807, 2.05) is 24.4 Å². The van der Waals surface area contributed by atoms with Crippen molar-refractivity contribution in [2.24, 2.45) is 0 Å². The van der Waals surface area contributed by atoms with Crippen molar-refractivity contribution in [3.05, 3.63) is 36.7 Å². The van der Waals surface area contributed by atoms with Crippen LogP contribution in [-0.2, 0) is 0 Å². The lowest BCUT2D eigenvalue weighted by Gasteiger charge is -1.89. The molecule has 2 aromatic rings. The van der Waals surface area contributed by atoms with E-state index in [9.17, 15) is 0 Å². The number of anilines is 1. The molecule has 0 spiro atoms. The van der Waals surface area contributed by atoms with E-state index in [1.165, 1.54) is 0 Å². The number of aromatic nitrogens is 2. The monoisotopic (exact) mass is 159 g/mol. The number of hydrogen-bond donors (Lipinski definition) is 1. The first-order valence-corrected chi connectivity index (χ1v) is 3.68. The van der Waals surface area contributed by atoms with Crippen LogP contribution in [0.3, 0.4) is 0 Å². The van der Waals surface area contributed by atoms with Crippen molar-refractivity contribution in [3.63, 3.8) is 0 Å². The van der Waals surface area contributed by atoms with Crippen molar-refractivity contribution in [2.75, 3.05) is 5.73 Å². The molecule has 0 saturated carbocycles. The van der Waals surface area contributed by atoms with E-state index < -0.39 is 0 Å². The molecule has 60 valence electrons. The van der Waals surface area contributed by atoms with Gasteiger partial charge in [-0.05, 0) is 18.2 Å². The van der Waals surface area contributed by atoms with Crippen molar-refractivity contribution >= 4 is 17.3 Å². The molecule has 2 rings (SSSR count). The van der Waals surface area contributed by atoms with Gasteiger partial charge in [0.2, 0.25) is 0 Å². The van der Waals surface area contributed by atoms with Gasteiger partial charge in [0, 0.05) is 6.20 Å². The third-order valence-corrected chi connectivity index (χ3v) is 1.80. The Hall–Kier alpha value is -1.77. The van der Waals surface area contributed by atoms with Gasteiger partial charge in [0.25, 0.3) is 0 Å². The van der Waals surface area contributed by atoms with Crippen LogP contribution in [0.15, 0.2) is 31.0 Å². The van der Waals surface area contributed by atoms with Gasteiger partial charge in [-0.2, -0.15) is 5.10 Å². The number of pyridine rings is 1. The molecule has 3 nitrogen and oxygen atoms in total. The predicted molar refractivity (Wildman–Crippen MR) is 49.7 cm³/mol. The minimum atomic E-state index is 0.686.